The maximum absolute atomic E-state index is 12.0. The maximum atomic E-state index is 12.0. The number of likely N-dealkylation sites (tertiary alicyclic amines) is 1. The summed E-state index contributed by atoms with van der Waals surface area (Å²) in [6, 6.07) is 6.58. The molecule has 1 atom stereocenters. The van der Waals surface area contributed by atoms with Crippen LogP contribution in [0.4, 0.5) is 10.5 Å². The smallest absolute Gasteiger partial charge is 0.410 e. The molecule has 0 saturated carbocycles. The van der Waals surface area contributed by atoms with Crippen LogP contribution in [0.3, 0.4) is 0 Å². The van der Waals surface area contributed by atoms with Gasteiger partial charge in [-0.15, -0.1) is 0 Å². The fraction of sp³-hybridized carbons (Fsp3) is 0.533. The third kappa shape index (κ3) is 3.93. The molecular formula is C15H20N2O4. The van der Waals surface area contributed by atoms with Crippen molar-refractivity contribution in [2.75, 3.05) is 6.54 Å². The third-order valence-corrected chi connectivity index (χ3v) is 3.39. The Morgan fingerprint density at radius 3 is 2.43 bits per heavy atom. The van der Waals surface area contributed by atoms with Crippen molar-refractivity contribution in [3.05, 3.63) is 39.9 Å². The zero-order valence-electron chi connectivity index (χ0n) is 12.5. The molecule has 0 aliphatic carbocycles. The summed E-state index contributed by atoms with van der Waals surface area (Å²) < 4.78 is 5.36. The molecule has 1 aromatic rings. The van der Waals surface area contributed by atoms with E-state index in [1.54, 1.807) is 17.0 Å². The highest BCUT2D eigenvalue weighted by atomic mass is 16.6. The molecule has 1 fully saturated rings. The van der Waals surface area contributed by atoms with Crippen LogP contribution >= 0.6 is 0 Å². The molecule has 2 rings (SSSR count). The summed E-state index contributed by atoms with van der Waals surface area (Å²) >= 11 is 0. The first-order valence-electron chi connectivity index (χ1n) is 6.99. The van der Waals surface area contributed by atoms with Crippen LogP contribution in [-0.2, 0) is 11.2 Å². The van der Waals surface area contributed by atoms with E-state index in [0.717, 1.165) is 12.0 Å². The average Bonchev–Trinajstić information content (AvgIpc) is 2.32. The Balaban J connectivity index is 1.94. The standard InChI is InChI=1S/C15H20N2O4/c1-15(2,3)21-14(18)16-9-8-13(16)10-11-4-6-12(7-5-11)17(19)20/h4-7,13H,8-10H2,1-3H3/t13-/m1/s1. The minimum absolute atomic E-state index is 0.0800. The Morgan fingerprint density at radius 1 is 1.38 bits per heavy atom. The Hall–Kier alpha value is -2.11. The zero-order chi connectivity index (χ0) is 15.6. The molecule has 1 heterocycles. The minimum Gasteiger partial charge on any atom is -0.444 e. The molecular weight excluding hydrogens is 272 g/mol. The number of ether oxygens (including phenoxy) is 1. The number of hydrogen-bond donors (Lipinski definition) is 0. The number of benzene rings is 1. The number of nitro benzene ring substituents is 1. The molecule has 1 saturated heterocycles. The van der Waals surface area contributed by atoms with Crippen molar-refractivity contribution in [3.8, 4) is 0 Å². The van der Waals surface area contributed by atoms with Gasteiger partial charge in [-0.05, 0) is 39.2 Å². The molecule has 0 aromatic heterocycles. The van der Waals surface area contributed by atoms with Crippen molar-refractivity contribution >= 4 is 11.8 Å². The highest BCUT2D eigenvalue weighted by molar-refractivity contribution is 5.69. The predicted molar refractivity (Wildman–Crippen MR) is 78.1 cm³/mol. The van der Waals surface area contributed by atoms with Crippen molar-refractivity contribution in [1.82, 2.24) is 4.90 Å². The van der Waals surface area contributed by atoms with Gasteiger partial charge in [0.05, 0.1) is 4.92 Å². The van der Waals surface area contributed by atoms with E-state index in [2.05, 4.69) is 0 Å². The Labute approximate surface area is 123 Å². The van der Waals surface area contributed by atoms with Gasteiger partial charge in [-0.1, -0.05) is 12.1 Å². The molecule has 0 bridgehead atoms. The van der Waals surface area contributed by atoms with E-state index in [-0.39, 0.29) is 17.8 Å². The topological polar surface area (TPSA) is 72.7 Å². The van der Waals surface area contributed by atoms with Gasteiger partial charge in [0.1, 0.15) is 5.60 Å². The number of carbonyl (C=O) groups is 1. The molecule has 0 N–H and O–H groups in total. The van der Waals surface area contributed by atoms with Crippen LogP contribution in [0.25, 0.3) is 0 Å². The minimum atomic E-state index is -0.495. The van der Waals surface area contributed by atoms with Crippen LogP contribution in [0.15, 0.2) is 24.3 Å². The molecule has 1 aromatic carbocycles. The molecule has 0 radical (unpaired) electrons. The second kappa shape index (κ2) is 5.71. The van der Waals surface area contributed by atoms with Gasteiger partial charge >= 0.3 is 6.09 Å². The van der Waals surface area contributed by atoms with Gasteiger partial charge in [0.15, 0.2) is 0 Å². The van der Waals surface area contributed by atoms with Crippen molar-refractivity contribution in [2.24, 2.45) is 0 Å². The quantitative estimate of drug-likeness (QED) is 0.633. The highest BCUT2D eigenvalue weighted by Gasteiger charge is 2.35. The molecule has 114 valence electrons. The summed E-state index contributed by atoms with van der Waals surface area (Å²) in [4.78, 5) is 23.9. The van der Waals surface area contributed by atoms with Gasteiger partial charge in [0.25, 0.3) is 5.69 Å². The Bertz CT molecular complexity index is 534. The SMILES string of the molecule is CC(C)(C)OC(=O)N1CC[C@@H]1Cc1ccc([N+](=O)[O-])cc1. The lowest BCUT2D eigenvalue weighted by Gasteiger charge is -2.41. The number of amides is 1. The lowest BCUT2D eigenvalue weighted by Crippen LogP contribution is -2.53. The van der Waals surface area contributed by atoms with E-state index in [1.807, 2.05) is 20.8 Å². The first-order valence-corrected chi connectivity index (χ1v) is 6.99. The van der Waals surface area contributed by atoms with Crippen molar-refractivity contribution in [3.63, 3.8) is 0 Å². The normalized spacial score (nSPS) is 18.0. The second-order valence-corrected chi connectivity index (χ2v) is 6.24. The maximum Gasteiger partial charge on any atom is 0.410 e. The van der Waals surface area contributed by atoms with E-state index in [9.17, 15) is 14.9 Å². The fourth-order valence-electron chi connectivity index (χ4n) is 2.24. The van der Waals surface area contributed by atoms with Crippen molar-refractivity contribution in [1.29, 1.82) is 0 Å². The predicted octanol–water partition coefficient (Wildman–Crippen LogP) is 3.15. The van der Waals surface area contributed by atoms with E-state index >= 15 is 0 Å². The van der Waals surface area contributed by atoms with Crippen LogP contribution in [0.2, 0.25) is 0 Å². The monoisotopic (exact) mass is 292 g/mol. The lowest BCUT2D eigenvalue weighted by molar-refractivity contribution is -0.384. The van der Waals surface area contributed by atoms with Crippen LogP contribution in [-0.4, -0.2) is 34.1 Å². The number of nitro groups is 1. The van der Waals surface area contributed by atoms with Crippen molar-refractivity contribution < 1.29 is 14.5 Å². The first kappa shape index (κ1) is 15.3. The summed E-state index contributed by atoms with van der Waals surface area (Å²) in [7, 11) is 0. The zero-order valence-corrected chi connectivity index (χ0v) is 12.5. The van der Waals surface area contributed by atoms with E-state index < -0.39 is 10.5 Å². The van der Waals surface area contributed by atoms with Gasteiger partial charge in [-0.3, -0.25) is 10.1 Å². The van der Waals surface area contributed by atoms with Crippen LogP contribution in [0.1, 0.15) is 32.8 Å². The van der Waals surface area contributed by atoms with Gasteiger partial charge in [-0.25, -0.2) is 4.79 Å². The molecule has 0 spiro atoms. The first-order chi connectivity index (χ1) is 9.76. The fourth-order valence-corrected chi connectivity index (χ4v) is 2.24. The second-order valence-electron chi connectivity index (χ2n) is 6.24. The molecule has 1 amide bonds. The highest BCUT2D eigenvalue weighted by Crippen LogP contribution is 2.25. The summed E-state index contributed by atoms with van der Waals surface area (Å²) in [5.74, 6) is 0. The summed E-state index contributed by atoms with van der Waals surface area (Å²) in [6.45, 7) is 6.23. The summed E-state index contributed by atoms with van der Waals surface area (Å²) in [5, 5.41) is 10.6. The average molecular weight is 292 g/mol. The molecule has 6 heteroatoms. The van der Waals surface area contributed by atoms with Crippen molar-refractivity contribution in [2.45, 2.75) is 45.3 Å². The lowest BCUT2D eigenvalue weighted by atomic mass is 9.95. The number of carbonyl (C=O) groups excluding carboxylic acids is 1. The van der Waals surface area contributed by atoms with Crippen LogP contribution in [0, 0.1) is 10.1 Å². The summed E-state index contributed by atoms with van der Waals surface area (Å²) in [5.41, 5.74) is 0.570. The van der Waals surface area contributed by atoms with Gasteiger partial charge < -0.3 is 9.64 Å². The molecule has 1 aliphatic heterocycles. The molecule has 1 aliphatic rings. The number of nitrogens with zero attached hydrogens (tertiary/aromatic N) is 2. The Kier molecular flexibility index (Phi) is 4.16. The van der Waals surface area contributed by atoms with Gasteiger partial charge in [-0.2, -0.15) is 0 Å². The molecule has 6 nitrogen and oxygen atoms in total. The third-order valence-electron chi connectivity index (χ3n) is 3.39. The van der Waals surface area contributed by atoms with E-state index in [4.69, 9.17) is 4.74 Å². The summed E-state index contributed by atoms with van der Waals surface area (Å²) in [6.07, 6.45) is 1.33. The van der Waals surface area contributed by atoms with Crippen LogP contribution < -0.4 is 0 Å². The Morgan fingerprint density at radius 2 is 2.00 bits per heavy atom. The van der Waals surface area contributed by atoms with Gasteiger partial charge in [0.2, 0.25) is 0 Å². The van der Waals surface area contributed by atoms with E-state index in [0.29, 0.717) is 13.0 Å². The molecule has 0 unspecified atom stereocenters. The molecule has 21 heavy (non-hydrogen) atoms. The van der Waals surface area contributed by atoms with E-state index in [1.165, 1.54) is 12.1 Å². The number of non-ortho nitro benzene ring substituents is 1. The van der Waals surface area contributed by atoms with Crippen LogP contribution in [0.5, 0.6) is 0 Å². The number of hydrogen-bond acceptors (Lipinski definition) is 4. The largest absolute Gasteiger partial charge is 0.444 e. The van der Waals surface area contributed by atoms with Gasteiger partial charge in [0, 0.05) is 24.7 Å². The number of rotatable bonds is 3.